The van der Waals surface area contributed by atoms with E-state index in [1.165, 1.54) is 12.7 Å². The molecule has 2 heteroatoms. The zero-order valence-corrected chi connectivity index (χ0v) is 9.59. The highest BCUT2D eigenvalue weighted by atomic mass is 16.5. The summed E-state index contributed by atoms with van der Waals surface area (Å²) in [6, 6.07) is 0. The standard InChI is InChI=1S/C12H20O2/c1-12(2,3)10-7-5-6-9(8-10)11(13)14-4/h7,9H,5-6,8H2,1-4H3. The molecule has 0 spiro atoms. The van der Waals surface area contributed by atoms with Gasteiger partial charge in [0.2, 0.25) is 0 Å². The van der Waals surface area contributed by atoms with Crippen LogP contribution in [0.4, 0.5) is 0 Å². The van der Waals surface area contributed by atoms with Crippen molar-refractivity contribution < 1.29 is 9.53 Å². The largest absolute Gasteiger partial charge is 0.469 e. The van der Waals surface area contributed by atoms with Crippen LogP contribution in [-0.2, 0) is 9.53 Å². The minimum absolute atomic E-state index is 0.0557. The number of hydrogen-bond donors (Lipinski definition) is 0. The normalized spacial score (nSPS) is 22.9. The van der Waals surface area contributed by atoms with Crippen LogP contribution in [0.3, 0.4) is 0 Å². The summed E-state index contributed by atoms with van der Waals surface area (Å²) in [5, 5.41) is 0. The van der Waals surface area contributed by atoms with Gasteiger partial charge in [-0.3, -0.25) is 4.79 Å². The highest BCUT2D eigenvalue weighted by Crippen LogP contribution is 2.36. The van der Waals surface area contributed by atoms with Crippen molar-refractivity contribution >= 4 is 5.97 Å². The first-order chi connectivity index (χ1) is 6.45. The molecule has 2 nitrogen and oxygen atoms in total. The van der Waals surface area contributed by atoms with Gasteiger partial charge in [0.25, 0.3) is 0 Å². The van der Waals surface area contributed by atoms with Gasteiger partial charge in [0.15, 0.2) is 0 Å². The van der Waals surface area contributed by atoms with Crippen molar-refractivity contribution in [3.8, 4) is 0 Å². The third kappa shape index (κ3) is 2.60. The average molecular weight is 196 g/mol. The monoisotopic (exact) mass is 196 g/mol. The molecule has 0 aromatic heterocycles. The van der Waals surface area contributed by atoms with Crippen molar-refractivity contribution in [3.63, 3.8) is 0 Å². The summed E-state index contributed by atoms with van der Waals surface area (Å²) in [5.74, 6) is 0.0269. The van der Waals surface area contributed by atoms with Gasteiger partial charge in [0.1, 0.15) is 0 Å². The minimum Gasteiger partial charge on any atom is -0.469 e. The fraction of sp³-hybridized carbons (Fsp3) is 0.750. The molecule has 0 bridgehead atoms. The highest BCUT2D eigenvalue weighted by Gasteiger charge is 2.28. The van der Waals surface area contributed by atoms with Gasteiger partial charge >= 0.3 is 5.97 Å². The zero-order valence-electron chi connectivity index (χ0n) is 9.59. The Morgan fingerprint density at radius 1 is 1.50 bits per heavy atom. The van der Waals surface area contributed by atoms with Crippen LogP contribution in [-0.4, -0.2) is 13.1 Å². The Balaban J connectivity index is 2.68. The molecule has 0 amide bonds. The average Bonchev–Trinajstić information content (AvgIpc) is 2.15. The van der Waals surface area contributed by atoms with Gasteiger partial charge in [-0.25, -0.2) is 0 Å². The first kappa shape index (κ1) is 11.3. The van der Waals surface area contributed by atoms with Gasteiger partial charge in [-0.1, -0.05) is 32.4 Å². The number of carbonyl (C=O) groups is 1. The van der Waals surface area contributed by atoms with Crippen molar-refractivity contribution in [2.24, 2.45) is 11.3 Å². The van der Waals surface area contributed by atoms with Gasteiger partial charge in [0.05, 0.1) is 13.0 Å². The minimum atomic E-state index is -0.0557. The summed E-state index contributed by atoms with van der Waals surface area (Å²) in [6.07, 6.45) is 5.09. The lowest BCUT2D eigenvalue weighted by atomic mass is 9.76. The van der Waals surface area contributed by atoms with E-state index in [4.69, 9.17) is 4.74 Å². The molecular formula is C12H20O2. The molecule has 0 aliphatic heterocycles. The fourth-order valence-corrected chi connectivity index (χ4v) is 1.89. The Labute approximate surface area is 86.3 Å². The summed E-state index contributed by atoms with van der Waals surface area (Å²) < 4.78 is 4.78. The molecule has 1 atom stereocenters. The van der Waals surface area contributed by atoms with E-state index in [2.05, 4.69) is 26.8 Å². The van der Waals surface area contributed by atoms with Gasteiger partial charge in [-0.05, 0) is 24.7 Å². The number of hydrogen-bond acceptors (Lipinski definition) is 2. The van der Waals surface area contributed by atoms with E-state index in [1.807, 2.05) is 0 Å². The Bertz CT molecular complexity index is 246. The van der Waals surface area contributed by atoms with E-state index in [0.717, 1.165) is 19.3 Å². The van der Waals surface area contributed by atoms with E-state index in [-0.39, 0.29) is 17.3 Å². The lowest BCUT2D eigenvalue weighted by Crippen LogP contribution is -2.23. The van der Waals surface area contributed by atoms with Crippen LogP contribution >= 0.6 is 0 Å². The molecule has 0 saturated heterocycles. The maximum Gasteiger partial charge on any atom is 0.308 e. The molecule has 1 aliphatic rings. The molecular weight excluding hydrogens is 176 g/mol. The molecule has 0 aromatic rings. The van der Waals surface area contributed by atoms with Crippen LogP contribution in [0.15, 0.2) is 11.6 Å². The number of carbonyl (C=O) groups excluding carboxylic acids is 1. The first-order valence-corrected chi connectivity index (χ1v) is 5.22. The predicted molar refractivity (Wildman–Crippen MR) is 56.9 cm³/mol. The van der Waals surface area contributed by atoms with Crippen LogP contribution in [0.2, 0.25) is 0 Å². The number of esters is 1. The quantitative estimate of drug-likeness (QED) is 0.476. The fourth-order valence-electron chi connectivity index (χ4n) is 1.89. The Morgan fingerprint density at radius 2 is 2.14 bits per heavy atom. The zero-order chi connectivity index (χ0) is 10.8. The number of rotatable bonds is 1. The SMILES string of the molecule is COC(=O)C1CCC=C(C(C)(C)C)C1. The predicted octanol–water partition coefficient (Wildman–Crippen LogP) is 2.93. The third-order valence-corrected chi connectivity index (χ3v) is 2.87. The molecule has 1 aliphatic carbocycles. The molecule has 0 saturated carbocycles. The second kappa shape index (κ2) is 4.16. The Kier molecular flexibility index (Phi) is 3.35. The molecule has 0 fully saturated rings. The Hall–Kier alpha value is -0.790. The van der Waals surface area contributed by atoms with Gasteiger partial charge in [-0.15, -0.1) is 0 Å². The van der Waals surface area contributed by atoms with Gasteiger partial charge in [-0.2, -0.15) is 0 Å². The summed E-state index contributed by atoms with van der Waals surface area (Å²) in [5.41, 5.74) is 1.58. The summed E-state index contributed by atoms with van der Waals surface area (Å²) in [6.45, 7) is 6.58. The van der Waals surface area contributed by atoms with E-state index in [9.17, 15) is 4.79 Å². The molecule has 0 radical (unpaired) electrons. The molecule has 14 heavy (non-hydrogen) atoms. The van der Waals surface area contributed by atoms with E-state index in [0.29, 0.717) is 0 Å². The smallest absolute Gasteiger partial charge is 0.308 e. The second-order valence-electron chi connectivity index (χ2n) is 4.98. The van der Waals surface area contributed by atoms with Gasteiger partial charge < -0.3 is 4.74 Å². The summed E-state index contributed by atoms with van der Waals surface area (Å²) in [4.78, 5) is 11.4. The number of ether oxygens (including phenoxy) is 1. The van der Waals surface area contributed by atoms with Crippen LogP contribution in [0, 0.1) is 11.3 Å². The lowest BCUT2D eigenvalue weighted by Gasteiger charge is -2.29. The van der Waals surface area contributed by atoms with Crippen LogP contribution in [0.5, 0.6) is 0 Å². The van der Waals surface area contributed by atoms with Crippen molar-refractivity contribution in [1.82, 2.24) is 0 Å². The molecule has 0 N–H and O–H groups in total. The Morgan fingerprint density at radius 3 is 2.64 bits per heavy atom. The lowest BCUT2D eigenvalue weighted by molar-refractivity contribution is -0.145. The molecule has 1 unspecified atom stereocenters. The number of methoxy groups -OCH3 is 1. The topological polar surface area (TPSA) is 26.3 Å². The maximum atomic E-state index is 11.4. The highest BCUT2D eigenvalue weighted by molar-refractivity contribution is 5.72. The van der Waals surface area contributed by atoms with Crippen LogP contribution in [0.25, 0.3) is 0 Å². The third-order valence-electron chi connectivity index (χ3n) is 2.87. The van der Waals surface area contributed by atoms with E-state index < -0.39 is 0 Å². The van der Waals surface area contributed by atoms with E-state index in [1.54, 1.807) is 0 Å². The van der Waals surface area contributed by atoms with Crippen molar-refractivity contribution in [2.45, 2.75) is 40.0 Å². The van der Waals surface area contributed by atoms with Crippen LogP contribution in [0.1, 0.15) is 40.0 Å². The van der Waals surface area contributed by atoms with Crippen molar-refractivity contribution in [3.05, 3.63) is 11.6 Å². The number of allylic oxidation sites excluding steroid dienone is 2. The van der Waals surface area contributed by atoms with Crippen molar-refractivity contribution in [1.29, 1.82) is 0 Å². The molecule has 0 aromatic carbocycles. The van der Waals surface area contributed by atoms with Crippen LogP contribution < -0.4 is 0 Å². The summed E-state index contributed by atoms with van der Waals surface area (Å²) >= 11 is 0. The second-order valence-corrected chi connectivity index (χ2v) is 4.98. The first-order valence-electron chi connectivity index (χ1n) is 5.22. The van der Waals surface area contributed by atoms with E-state index >= 15 is 0 Å². The van der Waals surface area contributed by atoms with Gasteiger partial charge in [0, 0.05) is 0 Å². The maximum absolute atomic E-state index is 11.4. The molecule has 1 rings (SSSR count). The summed E-state index contributed by atoms with van der Waals surface area (Å²) in [7, 11) is 1.47. The van der Waals surface area contributed by atoms with Crippen molar-refractivity contribution in [2.75, 3.05) is 7.11 Å². The molecule has 0 heterocycles. The molecule has 80 valence electrons.